The highest BCUT2D eigenvalue weighted by atomic mass is 16.5. The van der Waals surface area contributed by atoms with E-state index in [-0.39, 0.29) is 24.1 Å². The first-order chi connectivity index (χ1) is 14.1. The van der Waals surface area contributed by atoms with Crippen LogP contribution < -0.4 is 15.6 Å². The van der Waals surface area contributed by atoms with Gasteiger partial charge in [0, 0.05) is 0 Å². The minimum absolute atomic E-state index is 0.146. The molecular formula is C23H25N3O3. The van der Waals surface area contributed by atoms with Gasteiger partial charge in [0.15, 0.2) is 0 Å². The van der Waals surface area contributed by atoms with Gasteiger partial charge in [0.1, 0.15) is 6.54 Å². The molecule has 29 heavy (non-hydrogen) atoms. The van der Waals surface area contributed by atoms with Crippen molar-refractivity contribution in [3.63, 3.8) is 0 Å². The molecule has 1 aliphatic carbocycles. The average molecular weight is 391 g/mol. The fourth-order valence-corrected chi connectivity index (χ4v) is 3.99. The molecule has 0 fully saturated rings. The number of fused-ring (bicyclic) bond motifs is 2. The molecule has 1 atom stereocenters. The first-order valence-electron chi connectivity index (χ1n) is 10.0. The van der Waals surface area contributed by atoms with Crippen LogP contribution in [0.2, 0.25) is 0 Å². The Hall–Kier alpha value is -3.15. The molecule has 0 unspecified atom stereocenters. The third-order valence-electron chi connectivity index (χ3n) is 5.57. The summed E-state index contributed by atoms with van der Waals surface area (Å²) in [6, 6.07) is 13.4. The highest BCUT2D eigenvalue weighted by Crippen LogP contribution is 2.25. The molecule has 1 aromatic heterocycles. The minimum atomic E-state index is -0.307. The molecule has 6 heteroatoms. The number of carbonyl (C=O) groups excluding carboxylic acids is 1. The van der Waals surface area contributed by atoms with Crippen molar-refractivity contribution >= 4 is 16.7 Å². The predicted molar refractivity (Wildman–Crippen MR) is 112 cm³/mol. The first-order valence-corrected chi connectivity index (χ1v) is 10.0. The molecule has 1 amide bonds. The number of amides is 1. The van der Waals surface area contributed by atoms with Crippen LogP contribution in [0.5, 0.6) is 5.88 Å². The Morgan fingerprint density at radius 1 is 1.14 bits per heavy atom. The molecule has 0 bridgehead atoms. The summed E-state index contributed by atoms with van der Waals surface area (Å²) in [7, 11) is 1.50. The molecule has 0 spiro atoms. The van der Waals surface area contributed by atoms with Gasteiger partial charge in [0.25, 0.3) is 5.56 Å². The molecule has 1 N–H and O–H groups in total. The van der Waals surface area contributed by atoms with Crippen molar-refractivity contribution in [2.75, 3.05) is 7.11 Å². The molecular weight excluding hydrogens is 366 g/mol. The molecule has 0 aliphatic heterocycles. The zero-order valence-electron chi connectivity index (χ0n) is 16.8. The number of hydrogen-bond donors (Lipinski definition) is 1. The van der Waals surface area contributed by atoms with Gasteiger partial charge in [-0.15, -0.1) is 5.10 Å². The monoisotopic (exact) mass is 391 g/mol. The van der Waals surface area contributed by atoms with Crippen molar-refractivity contribution in [3.8, 4) is 5.88 Å². The van der Waals surface area contributed by atoms with Crippen LogP contribution in [0.4, 0.5) is 0 Å². The fraction of sp³-hybridized carbons (Fsp3) is 0.348. The molecule has 4 rings (SSSR count). The normalized spacial score (nSPS) is 14.3. The van der Waals surface area contributed by atoms with Crippen LogP contribution in [0.1, 0.15) is 42.5 Å². The van der Waals surface area contributed by atoms with E-state index < -0.39 is 0 Å². The predicted octanol–water partition coefficient (Wildman–Crippen LogP) is 3.16. The first kappa shape index (κ1) is 19.2. The Bertz CT molecular complexity index is 1120. The van der Waals surface area contributed by atoms with E-state index in [0.29, 0.717) is 16.7 Å². The van der Waals surface area contributed by atoms with Gasteiger partial charge in [-0.05, 0) is 61.4 Å². The maximum atomic E-state index is 12.7. The van der Waals surface area contributed by atoms with E-state index in [0.717, 1.165) is 23.1 Å². The lowest BCUT2D eigenvalue weighted by Crippen LogP contribution is -2.35. The number of ether oxygens (including phenoxy) is 1. The number of rotatable bonds is 5. The van der Waals surface area contributed by atoms with Gasteiger partial charge >= 0.3 is 0 Å². The zero-order valence-corrected chi connectivity index (χ0v) is 16.8. The van der Waals surface area contributed by atoms with Gasteiger partial charge in [0.05, 0.1) is 23.9 Å². The molecule has 1 aliphatic rings. The maximum Gasteiger partial charge on any atom is 0.275 e. The van der Waals surface area contributed by atoms with E-state index in [1.54, 1.807) is 18.2 Å². The standard InChI is InChI=1S/C23H25N3O3/c1-15(17-12-11-16-7-3-4-8-18(16)13-17)24-21(27)14-26-23(28)20-10-6-5-9-19(20)22(25-26)29-2/h5-6,9-13,15H,3-4,7-8,14H2,1-2H3,(H,24,27)/t15-/m0/s1. The largest absolute Gasteiger partial charge is 0.480 e. The number of carbonyl (C=O) groups is 1. The lowest BCUT2D eigenvalue weighted by Gasteiger charge is -2.20. The second-order valence-corrected chi connectivity index (χ2v) is 7.54. The summed E-state index contributed by atoms with van der Waals surface area (Å²) in [5, 5.41) is 8.32. The Kier molecular flexibility index (Phi) is 5.34. The lowest BCUT2D eigenvalue weighted by atomic mass is 9.89. The van der Waals surface area contributed by atoms with Crippen molar-refractivity contribution in [2.45, 2.75) is 45.2 Å². The summed E-state index contributed by atoms with van der Waals surface area (Å²) in [5.74, 6) is 0.0675. The third-order valence-corrected chi connectivity index (χ3v) is 5.57. The van der Waals surface area contributed by atoms with Gasteiger partial charge in [-0.2, -0.15) is 0 Å². The molecule has 150 valence electrons. The quantitative estimate of drug-likeness (QED) is 0.725. The summed E-state index contributed by atoms with van der Waals surface area (Å²) < 4.78 is 6.47. The number of aromatic nitrogens is 2. The zero-order chi connectivity index (χ0) is 20.4. The third kappa shape index (κ3) is 3.88. The summed E-state index contributed by atoms with van der Waals surface area (Å²) >= 11 is 0. The number of hydrogen-bond acceptors (Lipinski definition) is 4. The number of nitrogens with zero attached hydrogens (tertiary/aromatic N) is 2. The summed E-state index contributed by atoms with van der Waals surface area (Å²) in [6.45, 7) is 1.80. The molecule has 6 nitrogen and oxygen atoms in total. The number of nitrogens with one attached hydrogen (secondary N) is 1. The molecule has 1 heterocycles. The lowest BCUT2D eigenvalue weighted by molar-refractivity contribution is -0.122. The average Bonchev–Trinajstić information content (AvgIpc) is 2.75. The van der Waals surface area contributed by atoms with Crippen LogP contribution in [0.3, 0.4) is 0 Å². The van der Waals surface area contributed by atoms with Crippen molar-refractivity contribution in [3.05, 3.63) is 69.5 Å². The van der Waals surface area contributed by atoms with Crippen LogP contribution in [-0.2, 0) is 24.2 Å². The summed E-state index contributed by atoms with van der Waals surface area (Å²) in [4.78, 5) is 25.3. The van der Waals surface area contributed by atoms with E-state index in [2.05, 4.69) is 28.6 Å². The van der Waals surface area contributed by atoms with Crippen LogP contribution in [0, 0.1) is 0 Å². The smallest absolute Gasteiger partial charge is 0.275 e. The molecule has 0 radical (unpaired) electrons. The van der Waals surface area contributed by atoms with Gasteiger partial charge in [-0.1, -0.05) is 30.3 Å². The van der Waals surface area contributed by atoms with Gasteiger partial charge < -0.3 is 10.1 Å². The van der Waals surface area contributed by atoms with Crippen molar-refractivity contribution in [1.82, 2.24) is 15.1 Å². The molecule has 0 saturated carbocycles. The summed E-state index contributed by atoms with van der Waals surface area (Å²) in [6.07, 6.45) is 4.69. The Labute approximate surface area is 169 Å². The fourth-order valence-electron chi connectivity index (χ4n) is 3.99. The van der Waals surface area contributed by atoms with E-state index >= 15 is 0 Å². The number of aryl methyl sites for hydroxylation is 2. The Morgan fingerprint density at radius 3 is 2.62 bits per heavy atom. The van der Waals surface area contributed by atoms with Crippen molar-refractivity contribution < 1.29 is 9.53 Å². The number of methoxy groups -OCH3 is 1. The van der Waals surface area contributed by atoms with Crippen molar-refractivity contribution in [1.29, 1.82) is 0 Å². The van der Waals surface area contributed by atoms with Crippen molar-refractivity contribution in [2.24, 2.45) is 0 Å². The SMILES string of the molecule is COc1nn(CC(=O)N[C@@H](C)c2ccc3c(c2)CCCC3)c(=O)c2ccccc12. The Morgan fingerprint density at radius 2 is 1.86 bits per heavy atom. The Balaban J connectivity index is 1.53. The van der Waals surface area contributed by atoms with Crippen LogP contribution in [-0.4, -0.2) is 22.8 Å². The van der Waals surface area contributed by atoms with E-state index in [1.165, 1.54) is 31.1 Å². The van der Waals surface area contributed by atoms with Gasteiger partial charge in [0.2, 0.25) is 11.8 Å². The highest BCUT2D eigenvalue weighted by Gasteiger charge is 2.16. The van der Waals surface area contributed by atoms with E-state index in [1.807, 2.05) is 13.0 Å². The van der Waals surface area contributed by atoms with Gasteiger partial charge in [-0.25, -0.2) is 4.68 Å². The van der Waals surface area contributed by atoms with E-state index in [4.69, 9.17) is 4.74 Å². The van der Waals surface area contributed by atoms with Crippen LogP contribution in [0.25, 0.3) is 10.8 Å². The highest BCUT2D eigenvalue weighted by molar-refractivity contribution is 5.86. The maximum absolute atomic E-state index is 12.7. The van der Waals surface area contributed by atoms with Crippen LogP contribution >= 0.6 is 0 Å². The second-order valence-electron chi connectivity index (χ2n) is 7.54. The molecule has 2 aromatic carbocycles. The van der Waals surface area contributed by atoms with Crippen LogP contribution in [0.15, 0.2) is 47.3 Å². The molecule has 0 saturated heterocycles. The topological polar surface area (TPSA) is 73.2 Å². The summed E-state index contributed by atoms with van der Waals surface area (Å²) in [5.41, 5.74) is 3.57. The molecule has 3 aromatic rings. The minimum Gasteiger partial charge on any atom is -0.480 e. The second kappa shape index (κ2) is 8.07. The van der Waals surface area contributed by atoms with E-state index in [9.17, 15) is 9.59 Å². The van der Waals surface area contributed by atoms with Gasteiger partial charge in [-0.3, -0.25) is 9.59 Å². The number of benzene rings is 2.